The summed E-state index contributed by atoms with van der Waals surface area (Å²) in [6, 6.07) is 7.72. The van der Waals surface area contributed by atoms with Crippen molar-refractivity contribution in [1.29, 1.82) is 5.26 Å². The monoisotopic (exact) mass is 412 g/mol. The lowest BCUT2D eigenvalue weighted by Crippen LogP contribution is -2.07. The molecule has 0 radical (unpaired) electrons. The van der Waals surface area contributed by atoms with Crippen LogP contribution in [0.1, 0.15) is 48.8 Å². The van der Waals surface area contributed by atoms with E-state index in [-0.39, 0.29) is 24.8 Å². The van der Waals surface area contributed by atoms with Gasteiger partial charge in [-0.25, -0.2) is 9.48 Å². The lowest BCUT2D eigenvalue weighted by molar-refractivity contribution is -0.757. The van der Waals surface area contributed by atoms with Gasteiger partial charge in [0.15, 0.2) is 5.69 Å². The van der Waals surface area contributed by atoms with E-state index in [1.165, 1.54) is 17.1 Å². The topological polar surface area (TPSA) is 138 Å². The minimum Gasteiger partial charge on any atom is -0.462 e. The highest BCUT2D eigenvalue weighted by molar-refractivity contribution is 5.89. The number of nitrogens with zero attached hydrogens (tertiary/aromatic N) is 6. The minimum atomic E-state index is -0.856. The summed E-state index contributed by atoms with van der Waals surface area (Å²) in [5.74, 6) is -0.539. The smallest absolute Gasteiger partial charge is 0.341 e. The molecule has 0 saturated carbocycles. The first kappa shape index (κ1) is 20.8. The zero-order valence-electron chi connectivity index (χ0n) is 16.5. The van der Waals surface area contributed by atoms with E-state index in [0.717, 1.165) is 5.52 Å². The molecule has 0 atom stereocenters. The lowest BCUT2D eigenvalue weighted by atomic mass is 10.2. The van der Waals surface area contributed by atoms with E-state index >= 15 is 0 Å². The Morgan fingerprint density at radius 1 is 1.33 bits per heavy atom. The van der Waals surface area contributed by atoms with Gasteiger partial charge in [-0.15, -0.1) is 10.1 Å². The van der Waals surface area contributed by atoms with Crippen LogP contribution in [0.5, 0.6) is 0 Å². The van der Waals surface area contributed by atoms with Crippen molar-refractivity contribution < 1.29 is 19.5 Å². The van der Waals surface area contributed by atoms with E-state index in [4.69, 9.17) is 4.74 Å². The number of unbranched alkanes of at least 4 members (excludes halogenated alkanes) is 1. The van der Waals surface area contributed by atoms with Gasteiger partial charge in [-0.3, -0.25) is 4.68 Å². The maximum absolute atomic E-state index is 12.1. The van der Waals surface area contributed by atoms with Crippen molar-refractivity contribution in [2.24, 2.45) is 0 Å². The quantitative estimate of drug-likeness (QED) is 0.226. The third-order valence-corrected chi connectivity index (χ3v) is 4.34. The van der Waals surface area contributed by atoms with Gasteiger partial charge in [0, 0.05) is 17.6 Å². The number of ether oxygens (including phenoxy) is 1. The average Bonchev–Trinajstić information content (AvgIpc) is 3.34. The molecule has 0 unspecified atom stereocenters. The Morgan fingerprint density at radius 2 is 2.10 bits per heavy atom. The van der Waals surface area contributed by atoms with Gasteiger partial charge in [-0.1, -0.05) is 0 Å². The fourth-order valence-electron chi connectivity index (χ4n) is 2.91. The second-order valence-electron chi connectivity index (χ2n) is 6.77. The van der Waals surface area contributed by atoms with Crippen molar-refractivity contribution in [3.8, 4) is 11.8 Å². The summed E-state index contributed by atoms with van der Waals surface area (Å²) in [4.78, 5) is 26.4. The Hall–Kier alpha value is -3.94. The molecule has 0 spiro atoms. The highest BCUT2D eigenvalue weighted by Gasteiger charge is 2.15. The molecule has 0 amide bonds. The third-order valence-electron chi connectivity index (χ3n) is 4.34. The first-order chi connectivity index (χ1) is 14.4. The second-order valence-corrected chi connectivity index (χ2v) is 6.77. The highest BCUT2D eigenvalue weighted by atomic mass is 16.9. The molecule has 0 bridgehead atoms. The standard InChI is InChI=1S/C19H20N6O5/c1-13(2)24-18-6-5-15(9-16(18)17(10-20)22-24)23-12-14(11-21-23)19(26)29-7-3-4-8-30-25(27)28/h5-6,9,11-13H,3-4,7-8H2,1-2H3. The number of aromatic nitrogens is 4. The molecule has 156 valence electrons. The highest BCUT2D eigenvalue weighted by Crippen LogP contribution is 2.24. The molecule has 0 aliphatic carbocycles. The summed E-state index contributed by atoms with van der Waals surface area (Å²) in [5.41, 5.74) is 2.12. The summed E-state index contributed by atoms with van der Waals surface area (Å²) >= 11 is 0. The fraction of sp³-hybridized carbons (Fsp3) is 0.368. The number of hydrogen-bond acceptors (Lipinski definition) is 8. The molecule has 2 heterocycles. The van der Waals surface area contributed by atoms with Crippen molar-refractivity contribution >= 4 is 16.9 Å². The number of fused-ring (bicyclic) bond motifs is 1. The zero-order valence-corrected chi connectivity index (χ0v) is 16.5. The normalized spacial score (nSPS) is 10.9. The summed E-state index contributed by atoms with van der Waals surface area (Å²) in [6.07, 6.45) is 3.78. The number of carbonyl (C=O) groups is 1. The molecule has 0 fully saturated rings. The Kier molecular flexibility index (Phi) is 6.26. The van der Waals surface area contributed by atoms with Crippen LogP contribution in [-0.2, 0) is 9.57 Å². The Bertz CT molecular complexity index is 1110. The molecule has 11 heteroatoms. The summed E-state index contributed by atoms with van der Waals surface area (Å²) in [5, 5.41) is 27.8. The van der Waals surface area contributed by atoms with Crippen molar-refractivity contribution in [3.63, 3.8) is 0 Å². The first-order valence-corrected chi connectivity index (χ1v) is 9.32. The molecule has 30 heavy (non-hydrogen) atoms. The first-order valence-electron chi connectivity index (χ1n) is 9.32. The summed E-state index contributed by atoms with van der Waals surface area (Å²) in [7, 11) is 0. The van der Waals surface area contributed by atoms with Crippen LogP contribution < -0.4 is 0 Å². The third kappa shape index (κ3) is 4.54. The molecule has 11 nitrogen and oxygen atoms in total. The van der Waals surface area contributed by atoms with E-state index < -0.39 is 11.1 Å². The van der Waals surface area contributed by atoms with Crippen molar-refractivity contribution in [3.05, 3.63) is 52.0 Å². The largest absolute Gasteiger partial charge is 0.462 e. The predicted molar refractivity (Wildman–Crippen MR) is 104 cm³/mol. The fourth-order valence-corrected chi connectivity index (χ4v) is 2.91. The molecule has 0 aliphatic heterocycles. The van der Waals surface area contributed by atoms with Crippen LogP contribution in [0.3, 0.4) is 0 Å². The SMILES string of the molecule is CC(C)n1nc(C#N)c2cc(-n3cc(C(=O)OCCCCO[N+](=O)[O-])cn3)ccc21. The summed E-state index contributed by atoms with van der Waals surface area (Å²) in [6.45, 7) is 4.06. The van der Waals surface area contributed by atoms with Gasteiger partial charge in [0.2, 0.25) is 0 Å². The van der Waals surface area contributed by atoms with Gasteiger partial charge in [-0.05, 0) is 44.9 Å². The maximum atomic E-state index is 12.1. The van der Waals surface area contributed by atoms with Crippen LogP contribution in [0, 0.1) is 21.4 Å². The van der Waals surface area contributed by atoms with Crippen LogP contribution in [0.15, 0.2) is 30.6 Å². The lowest BCUT2D eigenvalue weighted by Gasteiger charge is -2.07. The van der Waals surface area contributed by atoms with E-state index in [2.05, 4.69) is 21.1 Å². The van der Waals surface area contributed by atoms with Gasteiger partial charge in [0.05, 0.1) is 36.2 Å². The number of benzene rings is 1. The van der Waals surface area contributed by atoms with Gasteiger partial charge in [0.25, 0.3) is 5.09 Å². The van der Waals surface area contributed by atoms with E-state index in [1.807, 2.05) is 26.0 Å². The molecule has 0 saturated heterocycles. The van der Waals surface area contributed by atoms with Crippen molar-refractivity contribution in [2.75, 3.05) is 13.2 Å². The van der Waals surface area contributed by atoms with Crippen molar-refractivity contribution in [2.45, 2.75) is 32.7 Å². The number of carbonyl (C=O) groups excluding carboxylic acids is 1. The molecule has 3 rings (SSSR count). The molecule has 2 aromatic heterocycles. The molecule has 0 N–H and O–H groups in total. The number of nitriles is 1. The van der Waals surface area contributed by atoms with E-state index in [0.29, 0.717) is 29.6 Å². The Labute approximate surface area is 171 Å². The van der Waals surface area contributed by atoms with Crippen molar-refractivity contribution in [1.82, 2.24) is 19.6 Å². The van der Waals surface area contributed by atoms with Crippen LogP contribution in [0.4, 0.5) is 0 Å². The Morgan fingerprint density at radius 3 is 2.80 bits per heavy atom. The maximum Gasteiger partial charge on any atom is 0.341 e. The van der Waals surface area contributed by atoms with Crippen LogP contribution in [0.2, 0.25) is 0 Å². The number of hydrogen-bond donors (Lipinski definition) is 0. The van der Waals surface area contributed by atoms with E-state index in [9.17, 15) is 20.2 Å². The van der Waals surface area contributed by atoms with E-state index in [1.54, 1.807) is 10.7 Å². The van der Waals surface area contributed by atoms with Crippen LogP contribution >= 0.6 is 0 Å². The van der Waals surface area contributed by atoms with Gasteiger partial charge < -0.3 is 9.57 Å². The van der Waals surface area contributed by atoms with Gasteiger partial charge >= 0.3 is 5.97 Å². The molecular formula is C19H20N6O5. The predicted octanol–water partition coefficient (Wildman–Crippen LogP) is 2.82. The molecular weight excluding hydrogens is 392 g/mol. The van der Waals surface area contributed by atoms with Gasteiger partial charge in [-0.2, -0.15) is 15.5 Å². The Balaban J connectivity index is 1.68. The number of rotatable bonds is 9. The second kappa shape index (κ2) is 9.04. The van der Waals surface area contributed by atoms with Crippen LogP contribution in [0.25, 0.3) is 16.6 Å². The minimum absolute atomic E-state index is 0.0387. The van der Waals surface area contributed by atoms with Gasteiger partial charge in [0.1, 0.15) is 6.07 Å². The van der Waals surface area contributed by atoms with Crippen LogP contribution in [-0.4, -0.2) is 43.8 Å². The molecule has 1 aromatic carbocycles. The average molecular weight is 412 g/mol. The molecule has 3 aromatic rings. The summed E-state index contributed by atoms with van der Waals surface area (Å²) < 4.78 is 8.46. The molecule has 0 aliphatic rings. The number of esters is 1. The zero-order chi connectivity index (χ0) is 21.7.